The van der Waals surface area contributed by atoms with E-state index in [2.05, 4.69) is 52.8 Å². The molecule has 4 saturated carbocycles. The van der Waals surface area contributed by atoms with Crippen molar-refractivity contribution in [3.8, 4) is 0 Å². The molecule has 5 rings (SSSR count). The number of carbonyl (C=O) groups is 1. The van der Waals surface area contributed by atoms with Crippen LogP contribution in [0, 0.1) is 48.3 Å². The number of ketones is 1. The zero-order valence-corrected chi connectivity index (χ0v) is 19.3. The Balaban J connectivity index is 1.41. The minimum absolute atomic E-state index is 0.0208. The third kappa shape index (κ3) is 2.75. The van der Waals surface area contributed by atoms with Gasteiger partial charge in [-0.3, -0.25) is 4.79 Å². The van der Waals surface area contributed by atoms with Gasteiger partial charge in [-0.25, -0.2) is 0 Å². The number of rotatable bonds is 1. The predicted molar refractivity (Wildman–Crippen MR) is 120 cm³/mol. The van der Waals surface area contributed by atoms with E-state index in [-0.39, 0.29) is 5.41 Å². The van der Waals surface area contributed by atoms with E-state index >= 15 is 0 Å². The molecule has 7 unspecified atom stereocenters. The van der Waals surface area contributed by atoms with Gasteiger partial charge in [0.1, 0.15) is 5.78 Å². The third-order valence-corrected chi connectivity index (χ3v) is 10.9. The number of Topliss-reactive ketones (excluding diaryl/α,β-unsaturated/α-hetero) is 1. The van der Waals surface area contributed by atoms with Crippen LogP contribution in [0.4, 0.5) is 0 Å². The highest BCUT2D eigenvalue weighted by atomic mass is 16.1. The molecule has 158 valence electrons. The molecular weight excluding hydrogens is 352 g/mol. The first-order chi connectivity index (χ1) is 13.7. The fourth-order valence-electron chi connectivity index (χ4n) is 8.60. The number of benzene rings is 1. The zero-order chi connectivity index (χ0) is 20.6. The summed E-state index contributed by atoms with van der Waals surface area (Å²) < 4.78 is 0. The molecular formula is C28H40O. The number of fused-ring (bicyclic) bond motifs is 5. The summed E-state index contributed by atoms with van der Waals surface area (Å²) in [6, 6.07) is 7.21. The second kappa shape index (κ2) is 6.44. The summed E-state index contributed by atoms with van der Waals surface area (Å²) in [5, 5.41) is 0. The van der Waals surface area contributed by atoms with E-state index < -0.39 is 0 Å². The van der Waals surface area contributed by atoms with Gasteiger partial charge in [-0.1, -0.05) is 39.0 Å². The minimum atomic E-state index is 0.0208. The van der Waals surface area contributed by atoms with Crippen molar-refractivity contribution in [1.82, 2.24) is 0 Å². The van der Waals surface area contributed by atoms with Gasteiger partial charge >= 0.3 is 0 Å². The molecule has 0 aromatic heterocycles. The third-order valence-electron chi connectivity index (χ3n) is 10.9. The van der Waals surface area contributed by atoms with E-state index in [1.807, 2.05) is 0 Å². The van der Waals surface area contributed by atoms with Crippen molar-refractivity contribution in [1.29, 1.82) is 0 Å². The van der Waals surface area contributed by atoms with Crippen LogP contribution in [0.25, 0.3) is 0 Å². The lowest BCUT2D eigenvalue weighted by atomic mass is 9.43. The molecule has 0 N–H and O–H groups in total. The lowest BCUT2D eigenvalue weighted by Gasteiger charge is -2.61. The molecule has 29 heavy (non-hydrogen) atoms. The fraction of sp³-hybridized carbons (Fsp3) is 0.750. The molecule has 0 heterocycles. The largest absolute Gasteiger partial charge is 0.299 e. The lowest BCUT2D eigenvalue weighted by Crippen LogP contribution is -2.55. The Morgan fingerprint density at radius 1 is 0.862 bits per heavy atom. The number of carbonyl (C=O) groups excluding carboxylic acids is 1. The van der Waals surface area contributed by atoms with Crippen LogP contribution in [0.1, 0.15) is 95.2 Å². The highest BCUT2D eigenvalue weighted by Gasteiger charge is 2.61. The van der Waals surface area contributed by atoms with Gasteiger partial charge < -0.3 is 0 Å². The van der Waals surface area contributed by atoms with Crippen LogP contribution in [0.15, 0.2) is 18.2 Å². The van der Waals surface area contributed by atoms with Gasteiger partial charge in [0, 0.05) is 11.8 Å². The highest BCUT2D eigenvalue weighted by Crippen LogP contribution is 2.67. The maximum atomic E-state index is 12.7. The van der Waals surface area contributed by atoms with Crippen molar-refractivity contribution in [2.75, 3.05) is 0 Å². The summed E-state index contributed by atoms with van der Waals surface area (Å²) in [4.78, 5) is 12.7. The molecule has 1 nitrogen and oxygen atoms in total. The van der Waals surface area contributed by atoms with Crippen LogP contribution < -0.4 is 0 Å². The molecule has 0 radical (unpaired) electrons. The van der Waals surface area contributed by atoms with Crippen molar-refractivity contribution < 1.29 is 4.79 Å². The lowest BCUT2D eigenvalue weighted by molar-refractivity contribution is -0.140. The Kier molecular flexibility index (Phi) is 4.41. The molecule has 7 atom stereocenters. The first-order valence-electron chi connectivity index (χ1n) is 12.3. The SMILES string of the molecule is Cc1ccc(C2(C)CCC3(C)C(CCC4C5CCC(=O)C5(C)CCC43)C2)cc1C. The summed E-state index contributed by atoms with van der Waals surface area (Å²) in [5.41, 5.74) is 5.28. The van der Waals surface area contributed by atoms with Crippen LogP contribution in [0.2, 0.25) is 0 Å². The van der Waals surface area contributed by atoms with Crippen molar-refractivity contribution >= 4 is 5.78 Å². The van der Waals surface area contributed by atoms with Gasteiger partial charge in [-0.05, 0) is 116 Å². The maximum Gasteiger partial charge on any atom is 0.139 e. The van der Waals surface area contributed by atoms with E-state index in [4.69, 9.17) is 0 Å². The summed E-state index contributed by atoms with van der Waals surface area (Å²) in [6.45, 7) is 12.0. The van der Waals surface area contributed by atoms with Gasteiger partial charge in [0.2, 0.25) is 0 Å². The standard InChI is InChI=1S/C28H40O/c1-18-6-7-20(16-19(18)2)26(3)14-15-27(4)21(17-26)8-9-22-23-10-11-25(29)28(23,5)13-12-24(22)27/h6-7,16,21-24H,8-15,17H2,1-5H3. The Bertz CT molecular complexity index is 839. The molecule has 1 aromatic carbocycles. The molecule has 0 bridgehead atoms. The smallest absolute Gasteiger partial charge is 0.139 e. The molecule has 1 heteroatoms. The van der Waals surface area contributed by atoms with Gasteiger partial charge in [0.25, 0.3) is 0 Å². The second-order valence-corrected chi connectivity index (χ2v) is 12.1. The monoisotopic (exact) mass is 392 g/mol. The Hall–Kier alpha value is -1.11. The van der Waals surface area contributed by atoms with Crippen molar-refractivity contribution in [3.63, 3.8) is 0 Å². The van der Waals surface area contributed by atoms with E-state index in [9.17, 15) is 4.79 Å². The van der Waals surface area contributed by atoms with Crippen LogP contribution in [-0.4, -0.2) is 5.78 Å². The minimum Gasteiger partial charge on any atom is -0.299 e. The molecule has 0 spiro atoms. The van der Waals surface area contributed by atoms with Crippen LogP contribution in [0.5, 0.6) is 0 Å². The van der Waals surface area contributed by atoms with E-state index in [1.165, 1.54) is 56.1 Å². The van der Waals surface area contributed by atoms with Crippen LogP contribution in [0.3, 0.4) is 0 Å². The summed E-state index contributed by atoms with van der Waals surface area (Å²) >= 11 is 0. The highest BCUT2D eigenvalue weighted by molar-refractivity contribution is 5.87. The maximum absolute atomic E-state index is 12.7. The molecule has 1 aromatic rings. The number of hydrogen-bond donors (Lipinski definition) is 0. The Morgan fingerprint density at radius 3 is 2.41 bits per heavy atom. The normalized spacial score (nSPS) is 46.7. The molecule has 0 saturated heterocycles. The van der Waals surface area contributed by atoms with E-state index in [0.717, 1.165) is 30.6 Å². The molecule has 4 fully saturated rings. The molecule has 0 aliphatic heterocycles. The first-order valence-corrected chi connectivity index (χ1v) is 12.3. The second-order valence-electron chi connectivity index (χ2n) is 12.1. The summed E-state index contributed by atoms with van der Waals surface area (Å²) in [5.74, 6) is 3.78. The summed E-state index contributed by atoms with van der Waals surface area (Å²) in [6.07, 6.45) is 11.3. The molecule has 4 aliphatic rings. The van der Waals surface area contributed by atoms with Crippen LogP contribution in [-0.2, 0) is 10.2 Å². The van der Waals surface area contributed by atoms with E-state index in [0.29, 0.717) is 22.5 Å². The fourth-order valence-corrected chi connectivity index (χ4v) is 8.60. The van der Waals surface area contributed by atoms with Crippen molar-refractivity contribution in [2.24, 2.45) is 34.5 Å². The number of aryl methyl sites for hydroxylation is 2. The van der Waals surface area contributed by atoms with Gasteiger partial charge in [-0.15, -0.1) is 0 Å². The zero-order valence-electron chi connectivity index (χ0n) is 19.3. The quantitative estimate of drug-likeness (QED) is 0.495. The van der Waals surface area contributed by atoms with Crippen molar-refractivity contribution in [3.05, 3.63) is 34.9 Å². The summed E-state index contributed by atoms with van der Waals surface area (Å²) in [7, 11) is 0. The molecule has 0 amide bonds. The average molecular weight is 393 g/mol. The average Bonchev–Trinajstić information content (AvgIpc) is 2.99. The van der Waals surface area contributed by atoms with Gasteiger partial charge in [0.15, 0.2) is 0 Å². The topological polar surface area (TPSA) is 17.1 Å². The van der Waals surface area contributed by atoms with Crippen LogP contribution >= 0.6 is 0 Å². The first kappa shape index (κ1) is 19.8. The van der Waals surface area contributed by atoms with Gasteiger partial charge in [0.05, 0.1) is 0 Å². The predicted octanol–water partition coefficient (Wildman–Crippen LogP) is 7.17. The Labute approximate surface area is 178 Å². The Morgan fingerprint density at radius 2 is 1.66 bits per heavy atom. The van der Waals surface area contributed by atoms with Crippen molar-refractivity contribution in [2.45, 2.75) is 97.8 Å². The number of hydrogen-bond acceptors (Lipinski definition) is 1. The van der Waals surface area contributed by atoms with Gasteiger partial charge in [-0.2, -0.15) is 0 Å². The van der Waals surface area contributed by atoms with E-state index in [1.54, 1.807) is 5.56 Å². The molecule has 4 aliphatic carbocycles.